The summed E-state index contributed by atoms with van der Waals surface area (Å²) in [7, 11) is 0. The quantitative estimate of drug-likeness (QED) is 0.796. The van der Waals surface area contributed by atoms with Crippen molar-refractivity contribution in [3.8, 4) is 0 Å². The molecule has 6 nitrogen and oxygen atoms in total. The summed E-state index contributed by atoms with van der Waals surface area (Å²) >= 11 is 0. The number of nitrogen functional groups attached to an aromatic ring is 1. The molecular formula is C12H9N3O3. The molecule has 1 aromatic heterocycles. The molecule has 0 bridgehead atoms. The highest BCUT2D eigenvalue weighted by atomic mass is 16.4. The first kappa shape index (κ1) is 10.5. The molecule has 0 unspecified atom stereocenters. The molecule has 0 spiro atoms. The van der Waals surface area contributed by atoms with Crippen LogP contribution in [0.15, 0.2) is 34.9 Å². The van der Waals surface area contributed by atoms with E-state index in [0.717, 1.165) is 4.90 Å². The van der Waals surface area contributed by atoms with Crippen molar-refractivity contribution in [2.45, 2.75) is 6.54 Å². The van der Waals surface area contributed by atoms with Gasteiger partial charge in [0.2, 0.25) is 0 Å². The number of oxazole rings is 1. The van der Waals surface area contributed by atoms with E-state index in [0.29, 0.717) is 16.8 Å². The van der Waals surface area contributed by atoms with Crippen LogP contribution in [0.4, 0.5) is 6.01 Å². The Kier molecular flexibility index (Phi) is 2.16. The summed E-state index contributed by atoms with van der Waals surface area (Å²) < 4.78 is 4.84. The van der Waals surface area contributed by atoms with E-state index in [1.807, 2.05) is 0 Å². The number of aromatic nitrogens is 1. The number of benzene rings is 1. The third-order valence-electron chi connectivity index (χ3n) is 2.77. The van der Waals surface area contributed by atoms with Gasteiger partial charge in [-0.1, -0.05) is 12.1 Å². The number of hydrogen-bond donors (Lipinski definition) is 1. The van der Waals surface area contributed by atoms with Crippen molar-refractivity contribution >= 4 is 17.8 Å². The first-order chi connectivity index (χ1) is 8.66. The fourth-order valence-corrected chi connectivity index (χ4v) is 1.94. The Morgan fingerprint density at radius 3 is 2.28 bits per heavy atom. The molecule has 0 atom stereocenters. The molecule has 90 valence electrons. The number of carbonyl (C=O) groups is 2. The lowest BCUT2D eigenvalue weighted by Gasteiger charge is -2.10. The average molecular weight is 243 g/mol. The second-order valence-electron chi connectivity index (χ2n) is 3.92. The normalized spacial score (nSPS) is 14.1. The molecule has 2 N–H and O–H groups in total. The van der Waals surface area contributed by atoms with Gasteiger partial charge in [0.25, 0.3) is 17.8 Å². The van der Waals surface area contributed by atoms with Crippen molar-refractivity contribution in [2.24, 2.45) is 0 Å². The predicted molar refractivity (Wildman–Crippen MR) is 61.6 cm³/mol. The van der Waals surface area contributed by atoms with E-state index in [-0.39, 0.29) is 24.4 Å². The zero-order valence-corrected chi connectivity index (χ0v) is 9.29. The van der Waals surface area contributed by atoms with Crippen LogP contribution in [0.25, 0.3) is 0 Å². The molecule has 0 fully saturated rings. The molecule has 2 aromatic rings. The molecule has 2 amide bonds. The van der Waals surface area contributed by atoms with E-state index in [1.54, 1.807) is 24.3 Å². The Balaban J connectivity index is 1.92. The van der Waals surface area contributed by atoms with Gasteiger partial charge in [0, 0.05) is 0 Å². The van der Waals surface area contributed by atoms with Crippen LogP contribution < -0.4 is 5.73 Å². The van der Waals surface area contributed by atoms with Crippen LogP contribution in [0.5, 0.6) is 0 Å². The van der Waals surface area contributed by atoms with Crippen LogP contribution in [0, 0.1) is 0 Å². The largest absolute Gasteiger partial charge is 0.432 e. The smallest absolute Gasteiger partial charge is 0.292 e. The summed E-state index contributed by atoms with van der Waals surface area (Å²) in [6.07, 6.45) is 1.33. The monoisotopic (exact) mass is 243 g/mol. The highest BCUT2D eigenvalue weighted by Crippen LogP contribution is 2.24. The number of amides is 2. The minimum atomic E-state index is -0.322. The van der Waals surface area contributed by atoms with Crippen LogP contribution in [0.2, 0.25) is 0 Å². The molecule has 0 radical (unpaired) electrons. The Labute approximate surface area is 102 Å². The number of hydrogen-bond acceptors (Lipinski definition) is 5. The van der Waals surface area contributed by atoms with Gasteiger partial charge in [0.15, 0.2) is 0 Å². The summed E-state index contributed by atoms with van der Waals surface area (Å²) in [5.41, 5.74) is 6.62. The van der Waals surface area contributed by atoms with Gasteiger partial charge in [-0.25, -0.2) is 0 Å². The molecule has 0 saturated carbocycles. The predicted octanol–water partition coefficient (Wildman–Crippen LogP) is 1.05. The number of anilines is 1. The molecular weight excluding hydrogens is 234 g/mol. The van der Waals surface area contributed by atoms with Crippen LogP contribution in [0.1, 0.15) is 26.4 Å². The molecule has 0 saturated heterocycles. The number of rotatable bonds is 2. The Morgan fingerprint density at radius 1 is 1.17 bits per heavy atom. The van der Waals surface area contributed by atoms with E-state index in [2.05, 4.69) is 4.98 Å². The van der Waals surface area contributed by atoms with Gasteiger partial charge in [-0.3, -0.25) is 14.5 Å². The number of imide groups is 1. The topological polar surface area (TPSA) is 89.4 Å². The van der Waals surface area contributed by atoms with Gasteiger partial charge in [-0.2, -0.15) is 4.98 Å². The van der Waals surface area contributed by atoms with E-state index in [4.69, 9.17) is 10.2 Å². The number of nitrogens with two attached hydrogens (primary N) is 1. The summed E-state index contributed by atoms with van der Waals surface area (Å²) in [6.45, 7) is 0.0625. The molecule has 0 aliphatic carbocycles. The Bertz CT molecular complexity index is 613. The minimum Gasteiger partial charge on any atom is -0.432 e. The van der Waals surface area contributed by atoms with Gasteiger partial charge in [-0.15, -0.1) is 0 Å². The summed E-state index contributed by atoms with van der Waals surface area (Å²) in [5.74, 6) is -0.644. The lowest BCUT2D eigenvalue weighted by atomic mass is 10.1. The first-order valence-corrected chi connectivity index (χ1v) is 5.32. The van der Waals surface area contributed by atoms with Crippen molar-refractivity contribution in [3.63, 3.8) is 0 Å². The maximum atomic E-state index is 12.0. The molecule has 18 heavy (non-hydrogen) atoms. The van der Waals surface area contributed by atoms with Gasteiger partial charge in [-0.05, 0) is 12.1 Å². The van der Waals surface area contributed by atoms with Gasteiger partial charge >= 0.3 is 0 Å². The third kappa shape index (κ3) is 1.46. The highest BCUT2D eigenvalue weighted by Gasteiger charge is 2.35. The van der Waals surface area contributed by atoms with Crippen molar-refractivity contribution in [1.29, 1.82) is 0 Å². The highest BCUT2D eigenvalue weighted by molar-refractivity contribution is 6.21. The van der Waals surface area contributed by atoms with Gasteiger partial charge in [0.1, 0.15) is 12.0 Å². The molecule has 3 rings (SSSR count). The molecule has 6 heteroatoms. The van der Waals surface area contributed by atoms with Crippen LogP contribution in [-0.4, -0.2) is 21.7 Å². The van der Waals surface area contributed by atoms with Gasteiger partial charge in [0.05, 0.1) is 17.7 Å². The van der Waals surface area contributed by atoms with Crippen LogP contribution >= 0.6 is 0 Å². The zero-order valence-electron chi connectivity index (χ0n) is 9.29. The van der Waals surface area contributed by atoms with Crippen LogP contribution in [-0.2, 0) is 6.54 Å². The van der Waals surface area contributed by atoms with Crippen molar-refractivity contribution < 1.29 is 14.0 Å². The first-order valence-electron chi connectivity index (χ1n) is 5.32. The van der Waals surface area contributed by atoms with E-state index >= 15 is 0 Å². The Hall–Kier alpha value is -2.63. The van der Waals surface area contributed by atoms with Gasteiger partial charge < -0.3 is 10.2 Å². The van der Waals surface area contributed by atoms with Crippen molar-refractivity contribution in [2.75, 3.05) is 5.73 Å². The molecule has 1 aromatic carbocycles. The third-order valence-corrected chi connectivity index (χ3v) is 2.77. The maximum absolute atomic E-state index is 12.0. The zero-order chi connectivity index (χ0) is 12.7. The SMILES string of the molecule is Nc1nc(CN2C(=O)c3ccccc3C2=O)co1. The second-order valence-corrected chi connectivity index (χ2v) is 3.92. The lowest BCUT2D eigenvalue weighted by molar-refractivity contribution is 0.0640. The number of fused-ring (bicyclic) bond motifs is 1. The van der Waals surface area contributed by atoms with Crippen molar-refractivity contribution in [1.82, 2.24) is 9.88 Å². The number of nitrogens with zero attached hydrogens (tertiary/aromatic N) is 2. The average Bonchev–Trinajstić information content (AvgIpc) is 2.88. The minimum absolute atomic E-state index is 0.0154. The molecule has 1 aliphatic heterocycles. The van der Waals surface area contributed by atoms with E-state index in [1.165, 1.54) is 6.26 Å². The summed E-state index contributed by atoms with van der Waals surface area (Å²) in [5, 5.41) is 0. The molecule has 2 heterocycles. The fourth-order valence-electron chi connectivity index (χ4n) is 1.94. The standard InChI is InChI=1S/C12H9N3O3/c13-12-14-7(6-18-12)5-15-10(16)8-3-1-2-4-9(8)11(15)17/h1-4,6H,5H2,(H2,13,14). The van der Waals surface area contributed by atoms with Crippen molar-refractivity contribution in [3.05, 3.63) is 47.3 Å². The molecule has 1 aliphatic rings. The van der Waals surface area contributed by atoms with E-state index < -0.39 is 0 Å². The summed E-state index contributed by atoms with van der Waals surface area (Å²) in [4.78, 5) is 29.1. The van der Waals surface area contributed by atoms with E-state index in [9.17, 15) is 9.59 Å². The lowest BCUT2D eigenvalue weighted by Crippen LogP contribution is -2.29. The maximum Gasteiger partial charge on any atom is 0.292 e. The summed E-state index contributed by atoms with van der Waals surface area (Å²) in [6, 6.07) is 6.73. The Morgan fingerprint density at radius 2 is 1.78 bits per heavy atom. The fraction of sp³-hybridized carbons (Fsp3) is 0.0833. The number of carbonyl (C=O) groups excluding carboxylic acids is 2. The second kappa shape index (κ2) is 3.69. The van der Waals surface area contributed by atoms with Crippen LogP contribution in [0.3, 0.4) is 0 Å².